The lowest BCUT2D eigenvalue weighted by Crippen LogP contribution is -2.51. The van der Waals surface area contributed by atoms with Crippen LogP contribution in [-0.2, 0) is 9.30 Å². The number of rotatable bonds is 6. The first-order chi connectivity index (χ1) is 14.1. The Labute approximate surface area is 187 Å². The van der Waals surface area contributed by atoms with Crippen LogP contribution in [0.5, 0.6) is 5.75 Å². The second-order valence-corrected chi connectivity index (χ2v) is 9.39. The highest BCUT2D eigenvalue weighted by molar-refractivity contribution is 9.10. The van der Waals surface area contributed by atoms with Crippen molar-refractivity contribution in [3.63, 3.8) is 0 Å². The second-order valence-electron chi connectivity index (χ2n) is 6.39. The smallest absolute Gasteiger partial charge is 0.466 e. The molecule has 168 valence electrons. The van der Waals surface area contributed by atoms with Crippen molar-refractivity contribution in [2.75, 3.05) is 32.9 Å². The summed E-state index contributed by atoms with van der Waals surface area (Å²) in [6.45, 7) is 7.67. The van der Waals surface area contributed by atoms with Crippen molar-refractivity contribution in [1.82, 2.24) is 10.2 Å². The highest BCUT2D eigenvalue weighted by Crippen LogP contribution is 2.39. The van der Waals surface area contributed by atoms with E-state index >= 15 is 0 Å². The number of carbonyl (C=O) groups excluding carboxylic acids is 1. The van der Waals surface area contributed by atoms with E-state index in [1.54, 1.807) is 0 Å². The van der Waals surface area contributed by atoms with Crippen molar-refractivity contribution in [2.45, 2.75) is 26.4 Å². The van der Waals surface area contributed by atoms with Crippen molar-refractivity contribution in [1.29, 1.82) is 0 Å². The van der Waals surface area contributed by atoms with Gasteiger partial charge in [-0.05, 0) is 31.5 Å². The van der Waals surface area contributed by atoms with Gasteiger partial charge in [-0.25, -0.2) is 4.57 Å². The summed E-state index contributed by atoms with van der Waals surface area (Å²) >= 11 is 4.98. The van der Waals surface area contributed by atoms with Crippen molar-refractivity contribution >= 4 is 51.1 Å². The molecule has 2 aromatic rings. The average molecular weight is 525 g/mol. The molecule has 1 aliphatic heterocycles. The molecule has 0 saturated carbocycles. The summed E-state index contributed by atoms with van der Waals surface area (Å²) in [7, 11) is -4.64. The van der Waals surface area contributed by atoms with Crippen molar-refractivity contribution in [2.24, 2.45) is 0 Å². The summed E-state index contributed by atoms with van der Waals surface area (Å²) < 4.78 is 22.1. The molecule has 1 unspecified atom stereocenters. The number of ether oxygens (including phenoxy) is 2. The maximum atomic E-state index is 13.0. The summed E-state index contributed by atoms with van der Waals surface area (Å²) in [6.07, 6.45) is 0.870. The summed E-state index contributed by atoms with van der Waals surface area (Å²) in [4.78, 5) is 37.4. The quantitative estimate of drug-likeness (QED) is 0.424. The molecule has 3 rings (SSSR count). The van der Waals surface area contributed by atoms with Crippen molar-refractivity contribution in [3.05, 3.63) is 27.5 Å². The zero-order valence-corrected chi connectivity index (χ0v) is 20.0. The Bertz CT molecular complexity index is 890. The Hall–Kier alpha value is -1.04. The van der Waals surface area contributed by atoms with Crippen LogP contribution in [-0.4, -0.2) is 64.6 Å². The topological polar surface area (TPSA) is 129 Å². The van der Waals surface area contributed by atoms with Gasteiger partial charge >= 0.3 is 7.82 Å². The highest BCUT2D eigenvalue weighted by Gasteiger charge is 2.25. The highest BCUT2D eigenvalue weighted by atomic mass is 79.9. The molecule has 4 N–H and O–H groups in total. The van der Waals surface area contributed by atoms with E-state index in [0.29, 0.717) is 30.4 Å². The van der Waals surface area contributed by atoms with Crippen LogP contribution in [0, 0.1) is 0 Å². The average Bonchev–Trinajstić information content (AvgIpc) is 3.03. The van der Waals surface area contributed by atoms with Crippen LogP contribution in [0.15, 0.2) is 22.7 Å². The van der Waals surface area contributed by atoms with Gasteiger partial charge in [0, 0.05) is 27.6 Å². The molecule has 1 fully saturated rings. The number of phosphoric acid groups is 1. The van der Waals surface area contributed by atoms with Crippen LogP contribution < -0.4 is 10.1 Å². The molecule has 1 saturated heterocycles. The molecular weight excluding hydrogens is 499 g/mol. The molecule has 30 heavy (non-hydrogen) atoms. The van der Waals surface area contributed by atoms with E-state index in [1.807, 2.05) is 25.1 Å². The molecule has 1 aromatic carbocycles. The first-order valence-corrected chi connectivity index (χ1v) is 12.6. The van der Waals surface area contributed by atoms with E-state index in [9.17, 15) is 4.79 Å². The molecular formula is C18H26BrN2O7PS. The number of halogens is 1. The molecule has 1 aromatic heterocycles. The molecule has 0 spiro atoms. The summed E-state index contributed by atoms with van der Waals surface area (Å²) in [5.74, 6) is 0.609. The van der Waals surface area contributed by atoms with Crippen LogP contribution in [0.4, 0.5) is 0 Å². The summed E-state index contributed by atoms with van der Waals surface area (Å²) in [5, 5.41) is 4.15. The largest absolute Gasteiger partial charge is 0.491 e. The summed E-state index contributed by atoms with van der Waals surface area (Å²) in [6, 6.07) is 6.01. The van der Waals surface area contributed by atoms with E-state index in [4.69, 9.17) is 28.7 Å². The predicted octanol–water partition coefficient (Wildman–Crippen LogP) is 2.93. The van der Waals surface area contributed by atoms with Gasteiger partial charge in [0.05, 0.1) is 26.0 Å². The van der Waals surface area contributed by atoms with E-state index < -0.39 is 7.82 Å². The van der Waals surface area contributed by atoms with Gasteiger partial charge in [-0.1, -0.05) is 22.9 Å². The third-order valence-electron chi connectivity index (χ3n) is 4.27. The fraction of sp³-hybridized carbons (Fsp3) is 0.500. The Morgan fingerprint density at radius 1 is 1.33 bits per heavy atom. The van der Waals surface area contributed by atoms with Gasteiger partial charge in [0.15, 0.2) is 5.75 Å². The van der Waals surface area contributed by atoms with Crippen molar-refractivity contribution < 1.29 is 33.5 Å². The summed E-state index contributed by atoms with van der Waals surface area (Å²) in [5.41, 5.74) is 0. The van der Waals surface area contributed by atoms with Gasteiger partial charge < -0.3 is 29.5 Å². The zero-order chi connectivity index (χ0) is 22.3. The van der Waals surface area contributed by atoms with Gasteiger partial charge in [0.1, 0.15) is 4.88 Å². The maximum Gasteiger partial charge on any atom is 0.466 e. The molecule has 1 atom stereocenters. The number of fused-ring (bicyclic) bond motifs is 1. The molecule has 0 bridgehead atoms. The van der Waals surface area contributed by atoms with Gasteiger partial charge in [0.2, 0.25) is 0 Å². The number of nitrogens with one attached hydrogen (secondary N) is 1. The van der Waals surface area contributed by atoms with Gasteiger partial charge in [-0.15, -0.1) is 11.3 Å². The molecule has 0 radical (unpaired) electrons. The lowest BCUT2D eigenvalue weighted by Gasteiger charge is -2.34. The third kappa shape index (κ3) is 7.58. The number of hydrogen-bond acceptors (Lipinski definition) is 6. The fourth-order valence-corrected chi connectivity index (χ4v) is 4.43. The first-order valence-electron chi connectivity index (χ1n) is 9.39. The van der Waals surface area contributed by atoms with E-state index in [1.165, 1.54) is 11.3 Å². The number of hydrogen-bond donors (Lipinski definition) is 4. The standard InChI is InChI=1S/C18H23BrN2O3S.H3O4P/c1-3-15(21-7-9-23-10-8-21)20-18(22)17-16(24-4-2)13-11-12(19)5-6-14(13)25-17;1-5(2,3)4/h5-6,11,15H,3-4,7-10H2,1-2H3,(H,20,22);(H3,1,2,3,4). The molecule has 1 amide bonds. The van der Waals surface area contributed by atoms with E-state index in [-0.39, 0.29) is 12.1 Å². The minimum atomic E-state index is -4.64. The lowest BCUT2D eigenvalue weighted by molar-refractivity contribution is 0.00829. The predicted molar refractivity (Wildman–Crippen MR) is 119 cm³/mol. The Kier molecular flexibility index (Phi) is 9.70. The second kappa shape index (κ2) is 11.5. The number of nitrogens with zero attached hydrogens (tertiary/aromatic N) is 1. The Morgan fingerprint density at radius 3 is 2.53 bits per heavy atom. The minimum Gasteiger partial charge on any atom is -0.491 e. The molecule has 9 nitrogen and oxygen atoms in total. The first kappa shape index (κ1) is 25.2. The van der Waals surface area contributed by atoms with Crippen LogP contribution in [0.1, 0.15) is 29.9 Å². The maximum absolute atomic E-state index is 13.0. The fourth-order valence-electron chi connectivity index (χ4n) is 3.04. The van der Waals surface area contributed by atoms with Gasteiger partial charge in [0.25, 0.3) is 5.91 Å². The third-order valence-corrected chi connectivity index (χ3v) is 5.91. The number of morpholine rings is 1. The van der Waals surface area contributed by atoms with E-state index in [2.05, 4.69) is 33.1 Å². The van der Waals surface area contributed by atoms with Crippen molar-refractivity contribution in [3.8, 4) is 5.75 Å². The Morgan fingerprint density at radius 2 is 1.97 bits per heavy atom. The number of benzene rings is 1. The normalized spacial score (nSPS) is 15.9. The number of thiophene rings is 1. The molecule has 0 aliphatic carbocycles. The van der Waals surface area contributed by atoms with Crippen LogP contribution in [0.2, 0.25) is 0 Å². The molecule has 2 heterocycles. The minimum absolute atomic E-state index is 0.0165. The molecule has 1 aliphatic rings. The van der Waals surface area contributed by atoms with E-state index in [0.717, 1.165) is 34.1 Å². The van der Waals surface area contributed by atoms with Crippen LogP contribution >= 0.6 is 35.1 Å². The van der Waals surface area contributed by atoms with Crippen LogP contribution in [0.3, 0.4) is 0 Å². The molecule has 12 heteroatoms. The monoisotopic (exact) mass is 524 g/mol. The van der Waals surface area contributed by atoms with Gasteiger partial charge in [-0.3, -0.25) is 9.69 Å². The zero-order valence-electron chi connectivity index (χ0n) is 16.7. The lowest BCUT2D eigenvalue weighted by atomic mass is 10.2. The number of carbonyl (C=O) groups is 1. The Balaban J connectivity index is 0.000000575. The number of amides is 1. The van der Waals surface area contributed by atoms with Gasteiger partial charge in [-0.2, -0.15) is 0 Å². The van der Waals surface area contributed by atoms with Crippen LogP contribution in [0.25, 0.3) is 10.1 Å². The SMILES string of the molecule is CCOc1c(C(=O)NC(CC)N2CCOCC2)sc2ccc(Br)cc12.O=P(O)(O)O.